The Morgan fingerprint density at radius 1 is 1.69 bits per heavy atom. The third-order valence-corrected chi connectivity index (χ3v) is 2.44. The Kier molecular flexibility index (Phi) is 3.59. The molecule has 1 aromatic rings. The summed E-state index contributed by atoms with van der Waals surface area (Å²) in [5, 5.41) is 11.1. The maximum atomic E-state index is 8.74. The zero-order chi connectivity index (χ0) is 9.68. The number of anilines is 1. The van der Waals surface area contributed by atoms with E-state index in [4.69, 9.17) is 15.7 Å². The highest BCUT2D eigenvalue weighted by Gasteiger charge is 2.08. The first-order chi connectivity index (χ1) is 6.29. The van der Waals surface area contributed by atoms with E-state index in [1.165, 1.54) is 11.3 Å². The van der Waals surface area contributed by atoms with Gasteiger partial charge in [0.15, 0.2) is 0 Å². The molecule has 0 saturated heterocycles. The number of nitrogens with two attached hydrogens (primary N) is 1. The molecule has 0 saturated carbocycles. The van der Waals surface area contributed by atoms with Crippen LogP contribution >= 0.6 is 11.3 Å². The molecule has 0 amide bonds. The van der Waals surface area contributed by atoms with Gasteiger partial charge in [0, 0.05) is 5.38 Å². The molecule has 0 unspecified atom stereocenters. The van der Waals surface area contributed by atoms with Crippen molar-refractivity contribution in [2.75, 3.05) is 12.3 Å². The van der Waals surface area contributed by atoms with E-state index in [2.05, 4.69) is 6.92 Å². The molecule has 1 rings (SSSR count). The molecule has 1 aromatic heterocycles. The summed E-state index contributed by atoms with van der Waals surface area (Å²) in [5.74, 6) is 0.624. The Hall–Kier alpha value is -1.21. The second kappa shape index (κ2) is 4.73. The first-order valence-electron chi connectivity index (χ1n) is 4.19. The molecular weight excluding hydrogens is 184 g/mol. The number of hydrogen-bond donors (Lipinski definition) is 1. The van der Waals surface area contributed by atoms with Crippen molar-refractivity contribution in [2.45, 2.75) is 19.8 Å². The van der Waals surface area contributed by atoms with Gasteiger partial charge in [-0.15, -0.1) is 11.3 Å². The largest absolute Gasteiger partial charge is 0.491 e. The maximum absolute atomic E-state index is 8.74. The van der Waals surface area contributed by atoms with Crippen molar-refractivity contribution < 1.29 is 4.74 Å². The van der Waals surface area contributed by atoms with Gasteiger partial charge in [-0.2, -0.15) is 5.26 Å². The number of nitrogen functional groups attached to an aromatic ring is 1. The predicted octanol–water partition coefficient (Wildman–Crippen LogP) is 2.38. The molecule has 70 valence electrons. The highest BCUT2D eigenvalue weighted by molar-refractivity contribution is 7.14. The van der Waals surface area contributed by atoms with Gasteiger partial charge in [0.25, 0.3) is 0 Å². The van der Waals surface area contributed by atoms with Crippen molar-refractivity contribution in [1.29, 1.82) is 5.26 Å². The average molecular weight is 196 g/mol. The van der Waals surface area contributed by atoms with E-state index in [0.717, 1.165) is 12.8 Å². The summed E-state index contributed by atoms with van der Waals surface area (Å²) in [5.41, 5.74) is 6.05. The van der Waals surface area contributed by atoms with Crippen molar-refractivity contribution in [1.82, 2.24) is 0 Å². The second-order valence-corrected chi connectivity index (χ2v) is 3.56. The minimum atomic E-state index is 0.473. The van der Waals surface area contributed by atoms with E-state index < -0.39 is 0 Å². The molecule has 4 heteroatoms. The van der Waals surface area contributed by atoms with Gasteiger partial charge in [-0.3, -0.25) is 0 Å². The Bertz CT molecular complexity index is 314. The lowest BCUT2D eigenvalue weighted by Crippen LogP contribution is -1.97. The topological polar surface area (TPSA) is 59.0 Å². The van der Waals surface area contributed by atoms with Crippen LogP contribution in [0.2, 0.25) is 0 Å². The van der Waals surface area contributed by atoms with Gasteiger partial charge < -0.3 is 10.5 Å². The summed E-state index contributed by atoms with van der Waals surface area (Å²) in [6.07, 6.45) is 2.09. The van der Waals surface area contributed by atoms with Gasteiger partial charge in [0.1, 0.15) is 22.4 Å². The van der Waals surface area contributed by atoms with Crippen molar-refractivity contribution in [3.8, 4) is 11.8 Å². The fourth-order valence-corrected chi connectivity index (χ4v) is 1.58. The highest BCUT2D eigenvalue weighted by Crippen LogP contribution is 2.30. The quantitative estimate of drug-likeness (QED) is 0.752. The minimum absolute atomic E-state index is 0.473. The summed E-state index contributed by atoms with van der Waals surface area (Å²) >= 11 is 1.34. The summed E-state index contributed by atoms with van der Waals surface area (Å²) < 4.78 is 5.40. The SMILES string of the molecule is CCCCOc1csc(N)c1C#N. The van der Waals surface area contributed by atoms with Gasteiger partial charge in [0.05, 0.1) is 6.61 Å². The molecule has 0 spiro atoms. The molecule has 0 bridgehead atoms. The lowest BCUT2D eigenvalue weighted by atomic mass is 10.3. The Balaban J connectivity index is 2.62. The first kappa shape index (κ1) is 9.87. The number of ether oxygens (including phenoxy) is 1. The summed E-state index contributed by atoms with van der Waals surface area (Å²) in [7, 11) is 0. The zero-order valence-corrected chi connectivity index (χ0v) is 8.36. The molecule has 3 nitrogen and oxygen atoms in total. The fraction of sp³-hybridized carbons (Fsp3) is 0.444. The molecule has 0 fully saturated rings. The Morgan fingerprint density at radius 3 is 3.08 bits per heavy atom. The van der Waals surface area contributed by atoms with Gasteiger partial charge in [-0.1, -0.05) is 13.3 Å². The van der Waals surface area contributed by atoms with Crippen LogP contribution in [0.4, 0.5) is 5.00 Å². The number of rotatable bonds is 4. The van der Waals surface area contributed by atoms with Crippen LogP contribution in [0.15, 0.2) is 5.38 Å². The number of nitriles is 1. The van der Waals surface area contributed by atoms with Gasteiger partial charge in [-0.05, 0) is 6.42 Å². The lowest BCUT2D eigenvalue weighted by Gasteiger charge is -2.02. The highest BCUT2D eigenvalue weighted by atomic mass is 32.1. The maximum Gasteiger partial charge on any atom is 0.149 e. The summed E-state index contributed by atoms with van der Waals surface area (Å²) in [6, 6.07) is 2.03. The van der Waals surface area contributed by atoms with E-state index in [1.54, 1.807) is 5.38 Å². The summed E-state index contributed by atoms with van der Waals surface area (Å²) in [4.78, 5) is 0. The predicted molar refractivity (Wildman–Crippen MR) is 53.8 cm³/mol. The number of unbranched alkanes of at least 4 members (excludes halogenated alkanes) is 1. The lowest BCUT2D eigenvalue weighted by molar-refractivity contribution is 0.310. The first-order valence-corrected chi connectivity index (χ1v) is 5.07. The van der Waals surface area contributed by atoms with Gasteiger partial charge >= 0.3 is 0 Å². The Morgan fingerprint density at radius 2 is 2.46 bits per heavy atom. The smallest absolute Gasteiger partial charge is 0.149 e. The van der Waals surface area contributed by atoms with E-state index in [9.17, 15) is 0 Å². The monoisotopic (exact) mass is 196 g/mol. The van der Waals surface area contributed by atoms with Gasteiger partial charge in [0.2, 0.25) is 0 Å². The van der Waals surface area contributed by atoms with E-state index in [1.807, 2.05) is 6.07 Å². The van der Waals surface area contributed by atoms with Crippen molar-refractivity contribution in [3.63, 3.8) is 0 Å². The average Bonchev–Trinajstić information content (AvgIpc) is 2.47. The van der Waals surface area contributed by atoms with E-state index in [0.29, 0.717) is 22.9 Å². The standard InChI is InChI=1S/C9H12N2OS/c1-2-3-4-12-8-6-13-9(11)7(8)5-10/h6H,2-4,11H2,1H3. The van der Waals surface area contributed by atoms with Crippen molar-refractivity contribution in [3.05, 3.63) is 10.9 Å². The molecule has 0 aliphatic carbocycles. The molecule has 0 aliphatic heterocycles. The number of thiophene rings is 1. The fourth-order valence-electron chi connectivity index (χ4n) is 0.899. The Labute approximate surface area is 81.7 Å². The van der Waals surface area contributed by atoms with Crippen LogP contribution < -0.4 is 10.5 Å². The number of nitrogens with zero attached hydrogens (tertiary/aromatic N) is 1. The molecule has 0 atom stereocenters. The molecule has 1 heterocycles. The second-order valence-electron chi connectivity index (χ2n) is 2.65. The zero-order valence-electron chi connectivity index (χ0n) is 7.54. The molecule has 0 radical (unpaired) electrons. The molecular formula is C9H12N2OS. The van der Waals surface area contributed by atoms with Crippen molar-refractivity contribution in [2.24, 2.45) is 0 Å². The van der Waals surface area contributed by atoms with Crippen LogP contribution in [-0.4, -0.2) is 6.61 Å². The van der Waals surface area contributed by atoms with Crippen LogP contribution in [0.25, 0.3) is 0 Å². The van der Waals surface area contributed by atoms with E-state index in [-0.39, 0.29) is 0 Å². The molecule has 13 heavy (non-hydrogen) atoms. The van der Waals surface area contributed by atoms with Crippen LogP contribution in [0, 0.1) is 11.3 Å². The van der Waals surface area contributed by atoms with E-state index >= 15 is 0 Å². The normalized spacial score (nSPS) is 9.54. The van der Waals surface area contributed by atoms with Crippen LogP contribution in [0.1, 0.15) is 25.3 Å². The van der Waals surface area contributed by atoms with Crippen LogP contribution in [0.5, 0.6) is 5.75 Å². The molecule has 0 aliphatic rings. The molecule has 2 N–H and O–H groups in total. The molecule has 0 aromatic carbocycles. The third-order valence-electron chi connectivity index (χ3n) is 1.65. The van der Waals surface area contributed by atoms with Crippen LogP contribution in [0.3, 0.4) is 0 Å². The summed E-state index contributed by atoms with van der Waals surface area (Å²) in [6.45, 7) is 2.75. The minimum Gasteiger partial charge on any atom is -0.491 e. The van der Waals surface area contributed by atoms with Crippen molar-refractivity contribution >= 4 is 16.3 Å². The number of hydrogen-bond acceptors (Lipinski definition) is 4. The third kappa shape index (κ3) is 2.36. The van der Waals surface area contributed by atoms with Crippen LogP contribution in [-0.2, 0) is 0 Å². The van der Waals surface area contributed by atoms with Gasteiger partial charge in [-0.25, -0.2) is 0 Å².